The van der Waals surface area contributed by atoms with E-state index in [4.69, 9.17) is 11.6 Å². The van der Waals surface area contributed by atoms with Gasteiger partial charge in [0.1, 0.15) is 5.52 Å². The Labute approximate surface area is 88.5 Å². The van der Waals surface area contributed by atoms with Crippen molar-refractivity contribution in [3.63, 3.8) is 0 Å². The molecule has 1 unspecified atom stereocenters. The minimum Gasteiger partial charge on any atom is -0.269 e. The number of hydrogen-bond acceptors (Lipinski definition) is 1. The lowest BCUT2D eigenvalue weighted by atomic mass is 10.2. The Bertz CT molecular complexity index is 447. The maximum atomic E-state index is 6.04. The summed E-state index contributed by atoms with van der Waals surface area (Å²) in [7, 11) is 0. The van der Waals surface area contributed by atoms with Crippen LogP contribution in [-0.2, 0) is 0 Å². The van der Waals surface area contributed by atoms with Gasteiger partial charge in [0.2, 0.25) is 0 Å². The number of benzene rings is 1. The predicted molar refractivity (Wildman–Crippen MR) is 59.7 cm³/mol. The molecule has 14 heavy (non-hydrogen) atoms. The number of hydrogen-bond donors (Lipinski definition) is 0. The third kappa shape index (κ3) is 1.50. The average Bonchev–Trinajstić information content (AvgIpc) is 2.62. The summed E-state index contributed by atoms with van der Waals surface area (Å²) in [6, 6.07) is 6.29. The Morgan fingerprint density at radius 2 is 2.29 bits per heavy atom. The highest BCUT2D eigenvalue weighted by Gasteiger charge is 2.07. The molecule has 0 aliphatic carbocycles. The maximum Gasteiger partial charge on any atom is 0.111 e. The van der Waals surface area contributed by atoms with E-state index in [2.05, 4.69) is 25.1 Å². The first-order valence-corrected chi connectivity index (χ1v) is 5.23. The van der Waals surface area contributed by atoms with Crippen molar-refractivity contribution in [3.05, 3.63) is 29.4 Å². The highest BCUT2D eigenvalue weighted by atomic mass is 35.5. The SMILES string of the molecule is CCC(C)n1cc2cccc(Cl)c2n1. The van der Waals surface area contributed by atoms with Crippen LogP contribution in [0.2, 0.25) is 5.02 Å². The van der Waals surface area contributed by atoms with E-state index < -0.39 is 0 Å². The molecule has 0 radical (unpaired) electrons. The van der Waals surface area contributed by atoms with E-state index in [0.29, 0.717) is 6.04 Å². The van der Waals surface area contributed by atoms with Crippen molar-refractivity contribution in [2.45, 2.75) is 26.3 Å². The van der Waals surface area contributed by atoms with Gasteiger partial charge in [-0.05, 0) is 19.4 Å². The van der Waals surface area contributed by atoms with Gasteiger partial charge in [0.25, 0.3) is 0 Å². The first kappa shape index (κ1) is 9.53. The Hall–Kier alpha value is -1.02. The first-order chi connectivity index (χ1) is 6.72. The van der Waals surface area contributed by atoms with E-state index >= 15 is 0 Å². The van der Waals surface area contributed by atoms with Crippen LogP contribution >= 0.6 is 11.6 Å². The molecule has 1 aromatic carbocycles. The van der Waals surface area contributed by atoms with Crippen molar-refractivity contribution in [2.75, 3.05) is 0 Å². The molecular formula is C11H13ClN2. The molecule has 74 valence electrons. The molecule has 1 aromatic heterocycles. The minimum absolute atomic E-state index is 0.429. The zero-order valence-electron chi connectivity index (χ0n) is 8.37. The summed E-state index contributed by atoms with van der Waals surface area (Å²) in [4.78, 5) is 0. The lowest BCUT2D eigenvalue weighted by Gasteiger charge is -2.07. The largest absolute Gasteiger partial charge is 0.269 e. The summed E-state index contributed by atoms with van der Waals surface area (Å²) in [6.07, 6.45) is 3.13. The summed E-state index contributed by atoms with van der Waals surface area (Å²) < 4.78 is 1.98. The van der Waals surface area contributed by atoms with E-state index in [-0.39, 0.29) is 0 Å². The Morgan fingerprint density at radius 1 is 1.50 bits per heavy atom. The highest BCUT2D eigenvalue weighted by molar-refractivity contribution is 6.35. The van der Waals surface area contributed by atoms with E-state index in [1.165, 1.54) is 0 Å². The summed E-state index contributed by atoms with van der Waals surface area (Å²) in [5.41, 5.74) is 0.898. The van der Waals surface area contributed by atoms with Crippen molar-refractivity contribution in [1.29, 1.82) is 0 Å². The molecule has 0 bridgehead atoms. The monoisotopic (exact) mass is 208 g/mol. The second kappa shape index (κ2) is 3.62. The topological polar surface area (TPSA) is 17.8 Å². The van der Waals surface area contributed by atoms with Crippen LogP contribution in [-0.4, -0.2) is 9.78 Å². The molecule has 0 amide bonds. The summed E-state index contributed by atoms with van der Waals surface area (Å²) in [5.74, 6) is 0. The van der Waals surface area contributed by atoms with E-state index in [1.54, 1.807) is 0 Å². The zero-order valence-corrected chi connectivity index (χ0v) is 9.12. The normalized spacial score (nSPS) is 13.4. The van der Waals surface area contributed by atoms with Gasteiger partial charge in [0.15, 0.2) is 0 Å². The molecule has 2 aromatic rings. The average molecular weight is 209 g/mol. The van der Waals surface area contributed by atoms with Gasteiger partial charge >= 0.3 is 0 Å². The highest BCUT2D eigenvalue weighted by Crippen LogP contribution is 2.23. The van der Waals surface area contributed by atoms with Crippen LogP contribution in [0.5, 0.6) is 0 Å². The van der Waals surface area contributed by atoms with Crippen LogP contribution in [0.3, 0.4) is 0 Å². The summed E-state index contributed by atoms with van der Waals surface area (Å²) in [5, 5.41) is 6.30. The maximum absolute atomic E-state index is 6.04. The Morgan fingerprint density at radius 3 is 2.93 bits per heavy atom. The van der Waals surface area contributed by atoms with Gasteiger partial charge in [-0.15, -0.1) is 0 Å². The van der Waals surface area contributed by atoms with Crippen LogP contribution in [0.15, 0.2) is 24.4 Å². The quantitative estimate of drug-likeness (QED) is 0.737. The lowest BCUT2D eigenvalue weighted by molar-refractivity contribution is 0.482. The molecule has 0 saturated heterocycles. The van der Waals surface area contributed by atoms with Gasteiger partial charge in [-0.25, -0.2) is 0 Å². The summed E-state index contributed by atoms with van der Waals surface area (Å²) >= 11 is 6.04. The molecule has 3 heteroatoms. The molecule has 1 atom stereocenters. The Balaban J connectivity index is 2.56. The van der Waals surface area contributed by atoms with Crippen LogP contribution in [0.4, 0.5) is 0 Å². The second-order valence-corrected chi connectivity index (χ2v) is 3.95. The number of fused-ring (bicyclic) bond motifs is 1. The molecule has 2 rings (SSSR count). The smallest absolute Gasteiger partial charge is 0.111 e. The molecule has 2 nitrogen and oxygen atoms in total. The Kier molecular flexibility index (Phi) is 2.46. The first-order valence-electron chi connectivity index (χ1n) is 4.85. The fraction of sp³-hybridized carbons (Fsp3) is 0.364. The van der Waals surface area contributed by atoms with Gasteiger partial charge in [-0.1, -0.05) is 30.7 Å². The van der Waals surface area contributed by atoms with Gasteiger partial charge in [0, 0.05) is 17.6 Å². The van der Waals surface area contributed by atoms with Crippen molar-refractivity contribution >= 4 is 22.5 Å². The zero-order chi connectivity index (χ0) is 10.1. The van der Waals surface area contributed by atoms with Crippen LogP contribution in [0.25, 0.3) is 10.9 Å². The van der Waals surface area contributed by atoms with Gasteiger partial charge in [-0.3, -0.25) is 4.68 Å². The number of rotatable bonds is 2. The van der Waals surface area contributed by atoms with Gasteiger partial charge in [0.05, 0.1) is 5.02 Å². The molecule has 0 aliphatic heterocycles. The van der Waals surface area contributed by atoms with E-state index in [0.717, 1.165) is 22.3 Å². The van der Waals surface area contributed by atoms with Crippen LogP contribution in [0, 0.1) is 0 Å². The van der Waals surface area contributed by atoms with Gasteiger partial charge in [-0.2, -0.15) is 5.10 Å². The fourth-order valence-electron chi connectivity index (χ4n) is 1.44. The summed E-state index contributed by atoms with van der Waals surface area (Å²) in [6.45, 7) is 4.30. The third-order valence-corrected chi connectivity index (χ3v) is 2.85. The third-order valence-electron chi connectivity index (χ3n) is 2.55. The van der Waals surface area contributed by atoms with Crippen molar-refractivity contribution in [2.24, 2.45) is 0 Å². The molecule has 0 N–H and O–H groups in total. The number of aromatic nitrogens is 2. The van der Waals surface area contributed by atoms with Crippen LogP contribution < -0.4 is 0 Å². The molecule has 0 spiro atoms. The fourth-order valence-corrected chi connectivity index (χ4v) is 1.66. The molecule has 1 heterocycles. The van der Waals surface area contributed by atoms with E-state index in [9.17, 15) is 0 Å². The standard InChI is InChI=1S/C11H13ClN2/c1-3-8(2)14-7-9-5-4-6-10(12)11(9)13-14/h4-8H,3H2,1-2H3. The minimum atomic E-state index is 0.429. The molecule has 0 saturated carbocycles. The second-order valence-electron chi connectivity index (χ2n) is 3.54. The van der Waals surface area contributed by atoms with Gasteiger partial charge < -0.3 is 0 Å². The van der Waals surface area contributed by atoms with E-state index in [1.807, 2.05) is 22.9 Å². The molecule has 0 fully saturated rings. The number of halogens is 1. The van der Waals surface area contributed by atoms with Crippen molar-refractivity contribution in [1.82, 2.24) is 9.78 Å². The predicted octanol–water partition coefficient (Wildman–Crippen LogP) is 3.66. The van der Waals surface area contributed by atoms with Crippen molar-refractivity contribution in [3.8, 4) is 0 Å². The number of nitrogens with zero attached hydrogens (tertiary/aromatic N) is 2. The van der Waals surface area contributed by atoms with Crippen LogP contribution in [0.1, 0.15) is 26.3 Å². The lowest BCUT2D eigenvalue weighted by Crippen LogP contribution is -2.03. The molecule has 0 aliphatic rings. The molecular weight excluding hydrogens is 196 g/mol. The van der Waals surface area contributed by atoms with Crippen molar-refractivity contribution < 1.29 is 0 Å².